The van der Waals surface area contributed by atoms with Crippen LogP contribution in [0, 0.1) is 19.3 Å². The first-order chi connectivity index (χ1) is 5.04. The second-order valence-corrected chi connectivity index (χ2v) is 3.99. The van der Waals surface area contributed by atoms with E-state index in [1.54, 1.807) is 6.92 Å². The molecule has 0 radical (unpaired) electrons. The standard InChI is InChI=1S/C8H11NOS/c1-4(9)7-5(2)11-6(3)8(7)10/h9-10H,1-3H3. The van der Waals surface area contributed by atoms with Gasteiger partial charge in [-0.05, 0) is 20.8 Å². The molecule has 11 heavy (non-hydrogen) atoms. The highest BCUT2D eigenvalue weighted by atomic mass is 32.1. The van der Waals surface area contributed by atoms with Crippen molar-refractivity contribution in [3.8, 4) is 5.75 Å². The first-order valence-corrected chi connectivity index (χ1v) is 4.20. The number of aryl methyl sites for hydroxylation is 2. The number of nitrogens with one attached hydrogen (secondary N) is 1. The molecule has 0 unspecified atom stereocenters. The number of thiophene rings is 1. The molecule has 0 aliphatic heterocycles. The minimum absolute atomic E-state index is 0.278. The second kappa shape index (κ2) is 2.66. The van der Waals surface area contributed by atoms with Crippen molar-refractivity contribution in [2.24, 2.45) is 0 Å². The van der Waals surface area contributed by atoms with Gasteiger partial charge in [0.2, 0.25) is 0 Å². The van der Waals surface area contributed by atoms with E-state index in [9.17, 15) is 5.11 Å². The van der Waals surface area contributed by atoms with Gasteiger partial charge in [-0.1, -0.05) is 0 Å². The van der Waals surface area contributed by atoms with Gasteiger partial charge in [0, 0.05) is 15.5 Å². The van der Waals surface area contributed by atoms with Crippen LogP contribution in [0.3, 0.4) is 0 Å². The van der Waals surface area contributed by atoms with Crippen molar-refractivity contribution in [3.63, 3.8) is 0 Å². The van der Waals surface area contributed by atoms with Gasteiger partial charge in [0.25, 0.3) is 0 Å². The molecule has 0 aromatic carbocycles. The number of rotatable bonds is 1. The monoisotopic (exact) mass is 169 g/mol. The fourth-order valence-electron chi connectivity index (χ4n) is 1.11. The third kappa shape index (κ3) is 1.28. The lowest BCUT2D eigenvalue weighted by Crippen LogP contribution is -1.91. The van der Waals surface area contributed by atoms with E-state index in [0.717, 1.165) is 9.75 Å². The molecule has 3 heteroatoms. The van der Waals surface area contributed by atoms with E-state index in [2.05, 4.69) is 0 Å². The van der Waals surface area contributed by atoms with Crippen molar-refractivity contribution in [1.82, 2.24) is 0 Å². The van der Waals surface area contributed by atoms with Crippen molar-refractivity contribution in [2.45, 2.75) is 20.8 Å². The van der Waals surface area contributed by atoms with Gasteiger partial charge < -0.3 is 10.5 Å². The van der Waals surface area contributed by atoms with Crippen LogP contribution in [-0.4, -0.2) is 10.8 Å². The molecule has 0 saturated carbocycles. The first kappa shape index (κ1) is 8.27. The smallest absolute Gasteiger partial charge is 0.138 e. The summed E-state index contributed by atoms with van der Waals surface area (Å²) in [5.41, 5.74) is 1.14. The summed E-state index contributed by atoms with van der Waals surface area (Å²) in [4.78, 5) is 1.91. The Balaban J connectivity index is 3.34. The molecule has 60 valence electrons. The number of aromatic hydroxyl groups is 1. The summed E-state index contributed by atoms with van der Waals surface area (Å²) >= 11 is 1.53. The van der Waals surface area contributed by atoms with Gasteiger partial charge in [0.15, 0.2) is 0 Å². The van der Waals surface area contributed by atoms with E-state index in [-0.39, 0.29) is 5.75 Å². The Bertz CT molecular complexity index is 301. The summed E-state index contributed by atoms with van der Waals surface area (Å²) in [5.74, 6) is 0.278. The van der Waals surface area contributed by atoms with Crippen molar-refractivity contribution < 1.29 is 5.11 Å². The molecule has 1 aromatic rings. The van der Waals surface area contributed by atoms with E-state index in [4.69, 9.17) is 5.41 Å². The van der Waals surface area contributed by atoms with Crippen LogP contribution in [0.2, 0.25) is 0 Å². The van der Waals surface area contributed by atoms with Crippen LogP contribution in [-0.2, 0) is 0 Å². The molecule has 0 atom stereocenters. The molecular formula is C8H11NOS. The quantitative estimate of drug-likeness (QED) is 0.623. The maximum Gasteiger partial charge on any atom is 0.138 e. The topological polar surface area (TPSA) is 44.1 Å². The Morgan fingerprint density at radius 3 is 2.09 bits per heavy atom. The molecular weight excluding hydrogens is 158 g/mol. The van der Waals surface area contributed by atoms with E-state index in [1.165, 1.54) is 11.3 Å². The zero-order chi connectivity index (χ0) is 8.59. The molecule has 2 nitrogen and oxygen atoms in total. The Kier molecular flexibility index (Phi) is 2.00. The Labute approximate surface area is 70.0 Å². The lowest BCUT2D eigenvalue weighted by atomic mass is 10.1. The molecule has 0 amide bonds. The summed E-state index contributed by atoms with van der Waals surface area (Å²) in [6.45, 7) is 5.47. The van der Waals surface area contributed by atoms with Gasteiger partial charge in [-0.25, -0.2) is 0 Å². The Morgan fingerprint density at radius 1 is 1.36 bits per heavy atom. The summed E-state index contributed by atoms with van der Waals surface area (Å²) in [6, 6.07) is 0. The summed E-state index contributed by atoms with van der Waals surface area (Å²) in [5, 5.41) is 16.8. The molecule has 0 bridgehead atoms. The number of hydrogen-bond donors (Lipinski definition) is 2. The normalized spacial score (nSPS) is 10.1. The third-order valence-corrected chi connectivity index (χ3v) is 2.61. The third-order valence-electron chi connectivity index (χ3n) is 1.60. The van der Waals surface area contributed by atoms with Crippen LogP contribution in [0.5, 0.6) is 5.75 Å². The minimum Gasteiger partial charge on any atom is -0.506 e. The van der Waals surface area contributed by atoms with E-state index < -0.39 is 0 Å². The lowest BCUT2D eigenvalue weighted by molar-refractivity contribution is 0.473. The first-order valence-electron chi connectivity index (χ1n) is 3.38. The van der Waals surface area contributed by atoms with Crippen molar-refractivity contribution >= 4 is 17.0 Å². The summed E-state index contributed by atoms with van der Waals surface area (Å²) in [6.07, 6.45) is 0. The van der Waals surface area contributed by atoms with Gasteiger partial charge in [-0.3, -0.25) is 0 Å². The van der Waals surface area contributed by atoms with E-state index in [0.29, 0.717) is 11.3 Å². The highest BCUT2D eigenvalue weighted by molar-refractivity contribution is 7.12. The molecule has 0 fully saturated rings. The predicted molar refractivity (Wildman–Crippen MR) is 48.0 cm³/mol. The Morgan fingerprint density at radius 2 is 1.91 bits per heavy atom. The van der Waals surface area contributed by atoms with E-state index >= 15 is 0 Å². The molecule has 1 aromatic heterocycles. The van der Waals surface area contributed by atoms with Crippen molar-refractivity contribution in [1.29, 1.82) is 5.41 Å². The molecule has 1 heterocycles. The van der Waals surface area contributed by atoms with Gasteiger partial charge in [-0.15, -0.1) is 11.3 Å². The maximum atomic E-state index is 9.46. The zero-order valence-electron chi connectivity index (χ0n) is 6.86. The Hall–Kier alpha value is -0.830. The largest absolute Gasteiger partial charge is 0.506 e. The zero-order valence-corrected chi connectivity index (χ0v) is 7.67. The lowest BCUT2D eigenvalue weighted by Gasteiger charge is -1.96. The highest BCUT2D eigenvalue weighted by Gasteiger charge is 2.12. The fourth-order valence-corrected chi connectivity index (χ4v) is 2.12. The van der Waals surface area contributed by atoms with Gasteiger partial charge in [0.05, 0.1) is 5.56 Å². The summed E-state index contributed by atoms with van der Waals surface area (Å²) < 4.78 is 0. The maximum absolute atomic E-state index is 9.46. The molecule has 0 aliphatic rings. The van der Waals surface area contributed by atoms with Gasteiger partial charge in [-0.2, -0.15) is 0 Å². The van der Waals surface area contributed by atoms with Gasteiger partial charge >= 0.3 is 0 Å². The van der Waals surface area contributed by atoms with Crippen LogP contribution < -0.4 is 0 Å². The van der Waals surface area contributed by atoms with Crippen LogP contribution in [0.1, 0.15) is 22.2 Å². The van der Waals surface area contributed by atoms with E-state index in [1.807, 2.05) is 13.8 Å². The average molecular weight is 169 g/mol. The van der Waals surface area contributed by atoms with Crippen LogP contribution in [0.4, 0.5) is 0 Å². The van der Waals surface area contributed by atoms with Crippen molar-refractivity contribution in [2.75, 3.05) is 0 Å². The number of hydrogen-bond acceptors (Lipinski definition) is 3. The SMILES string of the molecule is CC(=N)c1c(C)sc(C)c1O. The van der Waals surface area contributed by atoms with Gasteiger partial charge in [0.1, 0.15) is 5.75 Å². The highest BCUT2D eigenvalue weighted by Crippen LogP contribution is 2.33. The van der Waals surface area contributed by atoms with Crippen LogP contribution >= 0.6 is 11.3 Å². The molecule has 0 spiro atoms. The predicted octanol–water partition coefficient (Wildman–Crippen LogP) is 2.46. The second-order valence-electron chi connectivity index (χ2n) is 2.56. The fraction of sp³-hybridized carbons (Fsp3) is 0.375. The van der Waals surface area contributed by atoms with Crippen LogP contribution in [0.25, 0.3) is 0 Å². The molecule has 2 N–H and O–H groups in total. The van der Waals surface area contributed by atoms with Crippen LogP contribution in [0.15, 0.2) is 0 Å². The molecule has 1 rings (SSSR count). The minimum atomic E-state index is 0.278. The molecule has 0 aliphatic carbocycles. The summed E-state index contributed by atoms with van der Waals surface area (Å²) in [7, 11) is 0. The molecule has 0 saturated heterocycles. The average Bonchev–Trinajstić information content (AvgIpc) is 2.07. The van der Waals surface area contributed by atoms with Crippen molar-refractivity contribution in [3.05, 3.63) is 15.3 Å².